The number of aromatic nitrogens is 1. The van der Waals surface area contributed by atoms with Gasteiger partial charge in [-0.2, -0.15) is 0 Å². The summed E-state index contributed by atoms with van der Waals surface area (Å²) in [6, 6.07) is 4.81. The zero-order chi connectivity index (χ0) is 22.0. The zero-order valence-electron chi connectivity index (χ0n) is 17.2. The number of nitrogens with zero attached hydrogens (tertiary/aromatic N) is 2. The van der Waals surface area contributed by atoms with Crippen molar-refractivity contribution >= 4 is 34.7 Å². The quantitative estimate of drug-likeness (QED) is 0.631. The average molecular weight is 429 g/mol. The highest BCUT2D eigenvalue weighted by Crippen LogP contribution is 2.31. The van der Waals surface area contributed by atoms with Gasteiger partial charge in [0.2, 0.25) is 5.91 Å². The molecule has 3 amide bonds. The van der Waals surface area contributed by atoms with Crippen molar-refractivity contribution < 1.29 is 23.6 Å². The van der Waals surface area contributed by atoms with Gasteiger partial charge in [0, 0.05) is 19.0 Å². The summed E-state index contributed by atoms with van der Waals surface area (Å²) in [5.41, 5.74) is 12.3. The second-order valence-corrected chi connectivity index (χ2v) is 8.21. The molecule has 2 aromatic rings. The van der Waals surface area contributed by atoms with Gasteiger partial charge in [-0.3, -0.25) is 9.59 Å². The van der Waals surface area contributed by atoms with Crippen molar-refractivity contribution in [3.8, 4) is 0 Å². The highest BCUT2D eigenvalue weighted by atomic mass is 16.6. The lowest BCUT2D eigenvalue weighted by Crippen LogP contribution is -2.61. The number of rotatable bonds is 6. The molecule has 166 valence electrons. The van der Waals surface area contributed by atoms with Crippen LogP contribution in [0.1, 0.15) is 44.1 Å². The first kappa shape index (κ1) is 21.0. The third-order valence-electron chi connectivity index (χ3n) is 6.20. The maximum Gasteiger partial charge on any atom is 0.405 e. The van der Waals surface area contributed by atoms with Crippen molar-refractivity contribution in [1.82, 2.24) is 15.4 Å². The Bertz CT molecular complexity index is 984. The van der Waals surface area contributed by atoms with Gasteiger partial charge in [0.05, 0.1) is 5.39 Å². The number of anilines is 1. The molecule has 0 radical (unpaired) electrons. The van der Waals surface area contributed by atoms with Crippen molar-refractivity contribution in [2.75, 3.05) is 12.3 Å². The van der Waals surface area contributed by atoms with Crippen LogP contribution < -0.4 is 16.8 Å². The highest BCUT2D eigenvalue weighted by Gasteiger charge is 2.43. The third kappa shape index (κ3) is 4.42. The van der Waals surface area contributed by atoms with E-state index in [0.717, 1.165) is 37.7 Å². The number of primary amides is 1. The van der Waals surface area contributed by atoms with Gasteiger partial charge in [0.1, 0.15) is 6.04 Å². The van der Waals surface area contributed by atoms with E-state index in [9.17, 15) is 14.4 Å². The first-order valence-electron chi connectivity index (χ1n) is 10.6. The van der Waals surface area contributed by atoms with Crippen LogP contribution in [-0.2, 0) is 20.9 Å². The fourth-order valence-corrected chi connectivity index (χ4v) is 4.42. The number of amides is 3. The van der Waals surface area contributed by atoms with Crippen LogP contribution in [0.4, 0.5) is 10.6 Å². The first-order valence-corrected chi connectivity index (χ1v) is 10.6. The van der Waals surface area contributed by atoms with Crippen LogP contribution in [0.15, 0.2) is 22.7 Å². The molecule has 2 heterocycles. The Morgan fingerprint density at radius 3 is 2.68 bits per heavy atom. The topological polar surface area (TPSA) is 154 Å². The predicted octanol–water partition coefficient (Wildman–Crippen LogP) is 1.67. The minimum Gasteiger partial charge on any atom is -0.436 e. The van der Waals surface area contributed by atoms with E-state index < -0.39 is 18.2 Å². The number of nitrogens with two attached hydrogens (primary N) is 2. The van der Waals surface area contributed by atoms with E-state index in [0.29, 0.717) is 29.8 Å². The van der Waals surface area contributed by atoms with E-state index in [2.05, 4.69) is 10.5 Å². The summed E-state index contributed by atoms with van der Waals surface area (Å²) in [7, 11) is 0. The van der Waals surface area contributed by atoms with Crippen LogP contribution in [0.3, 0.4) is 0 Å². The summed E-state index contributed by atoms with van der Waals surface area (Å²) in [5, 5.41) is 7.29. The Kier molecular flexibility index (Phi) is 5.97. The Morgan fingerprint density at radius 1 is 1.23 bits per heavy atom. The Hall–Kier alpha value is -3.30. The summed E-state index contributed by atoms with van der Waals surface area (Å²) >= 11 is 0. The van der Waals surface area contributed by atoms with Crippen LogP contribution in [-0.4, -0.2) is 46.7 Å². The van der Waals surface area contributed by atoms with Crippen LogP contribution in [0, 0.1) is 5.92 Å². The molecule has 31 heavy (non-hydrogen) atoms. The maximum absolute atomic E-state index is 13.1. The lowest BCUT2D eigenvalue weighted by atomic mass is 9.84. The molecule has 0 spiro atoms. The Balaban J connectivity index is 1.37. The zero-order valence-corrected chi connectivity index (χ0v) is 17.2. The summed E-state index contributed by atoms with van der Waals surface area (Å²) < 4.78 is 10.3. The fourth-order valence-electron chi connectivity index (χ4n) is 4.42. The number of benzene rings is 1. The lowest BCUT2D eigenvalue weighted by molar-refractivity contribution is -0.157. The molecule has 1 aliphatic heterocycles. The SMILES string of the molecule is NC(=O)OC(C(=O)N1CC[C@H]1C(=O)NCc1ccc2c(N)noc2c1)C1CCCCC1. The van der Waals surface area contributed by atoms with Crippen LogP contribution >= 0.6 is 0 Å². The van der Waals surface area contributed by atoms with Gasteiger partial charge in [0.15, 0.2) is 17.5 Å². The van der Waals surface area contributed by atoms with Crippen molar-refractivity contribution in [2.45, 2.75) is 57.2 Å². The van der Waals surface area contributed by atoms with Crippen LogP contribution in [0.2, 0.25) is 0 Å². The standard InChI is InChI=1S/C21H27N5O5/c22-18-14-7-6-12(10-16(14)31-25-18)11-24-19(27)15-8-9-26(15)20(28)17(30-21(23)29)13-4-2-1-3-5-13/h6-7,10,13,15,17H,1-5,8-9,11H2,(H2,22,25)(H2,23,29)(H,24,27)/t15-,17?/m0/s1. The van der Waals surface area contributed by atoms with E-state index >= 15 is 0 Å². The number of nitrogen functional groups attached to an aromatic ring is 1. The summed E-state index contributed by atoms with van der Waals surface area (Å²) in [5.74, 6) is -0.326. The Morgan fingerprint density at radius 2 is 2.00 bits per heavy atom. The van der Waals surface area contributed by atoms with E-state index in [1.165, 1.54) is 4.90 Å². The Labute approximate surface area is 179 Å². The number of carbonyl (C=O) groups is 3. The molecule has 10 heteroatoms. The van der Waals surface area contributed by atoms with Crippen LogP contribution in [0.25, 0.3) is 11.0 Å². The fraction of sp³-hybridized carbons (Fsp3) is 0.524. The molecular formula is C21H27N5O5. The average Bonchev–Trinajstić information content (AvgIpc) is 3.10. The minimum atomic E-state index is -0.964. The molecule has 2 aliphatic rings. The summed E-state index contributed by atoms with van der Waals surface area (Å²) in [6.45, 7) is 0.726. The maximum atomic E-state index is 13.1. The molecular weight excluding hydrogens is 402 g/mol. The van der Waals surface area contributed by atoms with Gasteiger partial charge in [-0.1, -0.05) is 30.5 Å². The van der Waals surface area contributed by atoms with Crippen molar-refractivity contribution in [3.05, 3.63) is 23.8 Å². The monoisotopic (exact) mass is 429 g/mol. The predicted molar refractivity (Wildman–Crippen MR) is 111 cm³/mol. The summed E-state index contributed by atoms with van der Waals surface area (Å²) in [6.07, 6.45) is 3.37. The number of hydrogen-bond acceptors (Lipinski definition) is 7. The van der Waals surface area contributed by atoms with Crippen molar-refractivity contribution in [3.63, 3.8) is 0 Å². The highest BCUT2D eigenvalue weighted by molar-refractivity contribution is 5.92. The summed E-state index contributed by atoms with van der Waals surface area (Å²) in [4.78, 5) is 38.7. The van der Waals surface area contributed by atoms with E-state index in [1.807, 2.05) is 6.07 Å². The largest absolute Gasteiger partial charge is 0.436 e. The molecule has 2 fully saturated rings. The van der Waals surface area contributed by atoms with Gasteiger partial charge in [-0.25, -0.2) is 4.79 Å². The molecule has 1 aromatic heterocycles. The number of nitrogens with one attached hydrogen (secondary N) is 1. The van der Waals surface area contributed by atoms with E-state index in [1.54, 1.807) is 12.1 Å². The molecule has 1 aromatic carbocycles. The van der Waals surface area contributed by atoms with E-state index in [4.69, 9.17) is 20.7 Å². The second kappa shape index (κ2) is 8.83. The molecule has 1 saturated heterocycles. The number of carbonyl (C=O) groups excluding carboxylic acids is 3. The van der Waals surface area contributed by atoms with Crippen molar-refractivity contribution in [1.29, 1.82) is 0 Å². The van der Waals surface area contributed by atoms with Gasteiger partial charge in [-0.05, 0) is 37.0 Å². The van der Waals surface area contributed by atoms with Gasteiger partial charge in [-0.15, -0.1) is 0 Å². The lowest BCUT2D eigenvalue weighted by Gasteiger charge is -2.42. The molecule has 4 rings (SSSR count). The molecule has 1 unspecified atom stereocenters. The third-order valence-corrected chi connectivity index (χ3v) is 6.20. The molecule has 1 aliphatic carbocycles. The number of likely N-dealkylation sites (tertiary alicyclic amines) is 1. The first-order chi connectivity index (χ1) is 14.9. The molecule has 5 N–H and O–H groups in total. The van der Waals surface area contributed by atoms with Crippen molar-refractivity contribution in [2.24, 2.45) is 11.7 Å². The number of hydrogen-bond donors (Lipinski definition) is 3. The molecule has 2 atom stereocenters. The number of ether oxygens (including phenoxy) is 1. The molecule has 0 bridgehead atoms. The minimum absolute atomic E-state index is 0.0564. The smallest absolute Gasteiger partial charge is 0.405 e. The van der Waals surface area contributed by atoms with Gasteiger partial charge < -0.3 is 30.9 Å². The normalized spacial score (nSPS) is 20.1. The van der Waals surface area contributed by atoms with Gasteiger partial charge >= 0.3 is 6.09 Å². The molecule has 10 nitrogen and oxygen atoms in total. The number of fused-ring (bicyclic) bond motifs is 1. The van der Waals surface area contributed by atoms with Crippen LogP contribution in [0.5, 0.6) is 0 Å². The second-order valence-electron chi connectivity index (χ2n) is 8.21. The molecule has 1 saturated carbocycles. The van der Waals surface area contributed by atoms with E-state index in [-0.39, 0.29) is 24.3 Å². The van der Waals surface area contributed by atoms with Gasteiger partial charge in [0.25, 0.3) is 5.91 Å².